The van der Waals surface area contributed by atoms with E-state index in [1.807, 2.05) is 0 Å². The molecule has 0 heterocycles. The van der Waals surface area contributed by atoms with Gasteiger partial charge in [0.1, 0.15) is 0 Å². The number of nitrogens with zero attached hydrogens (tertiary/aromatic N) is 1. The molecule has 0 aromatic heterocycles. The first-order valence-corrected chi connectivity index (χ1v) is 16.2. The van der Waals surface area contributed by atoms with Gasteiger partial charge in [-0.05, 0) is 99.6 Å². The van der Waals surface area contributed by atoms with E-state index >= 15 is 0 Å². The molecule has 0 atom stereocenters. The second-order valence-corrected chi connectivity index (χ2v) is 12.0. The number of hydrogen-bond donors (Lipinski definition) is 0. The van der Waals surface area contributed by atoms with Crippen molar-refractivity contribution in [3.05, 3.63) is 199 Å². The molecule has 0 N–H and O–H groups in total. The average molecular weight is 604 g/mol. The fraction of sp³-hybridized carbons (Fsp3) is 0.0435. The first-order valence-electron chi connectivity index (χ1n) is 16.2. The van der Waals surface area contributed by atoms with Crippen molar-refractivity contribution in [1.29, 1.82) is 0 Å². The molecule has 0 unspecified atom stereocenters. The summed E-state index contributed by atoms with van der Waals surface area (Å²) in [4.78, 5) is 2.31. The third kappa shape index (κ3) is 6.57. The van der Waals surface area contributed by atoms with E-state index < -0.39 is 0 Å². The fourth-order valence-corrected chi connectivity index (χ4v) is 6.27. The van der Waals surface area contributed by atoms with E-state index in [0.717, 1.165) is 17.1 Å². The second kappa shape index (κ2) is 13.6. The SMILES string of the molecule is Cc1cc2ccccc2c2ccccc12.Cc1ccc(-c2ccc(N(c3ccccc3)c3cccc(-c4ccccc4)c3)cc2)cc1. The summed E-state index contributed by atoms with van der Waals surface area (Å²) < 4.78 is 0. The van der Waals surface area contributed by atoms with Gasteiger partial charge in [-0.25, -0.2) is 0 Å². The zero-order valence-electron chi connectivity index (χ0n) is 26.8. The minimum absolute atomic E-state index is 1.14. The van der Waals surface area contributed by atoms with E-state index in [4.69, 9.17) is 0 Å². The summed E-state index contributed by atoms with van der Waals surface area (Å²) in [6.45, 7) is 4.29. The van der Waals surface area contributed by atoms with E-state index in [9.17, 15) is 0 Å². The highest BCUT2D eigenvalue weighted by molar-refractivity contribution is 6.08. The van der Waals surface area contributed by atoms with Crippen LogP contribution in [0.1, 0.15) is 11.1 Å². The van der Waals surface area contributed by atoms with Crippen molar-refractivity contribution in [2.45, 2.75) is 13.8 Å². The lowest BCUT2D eigenvalue weighted by molar-refractivity contribution is 1.28. The van der Waals surface area contributed by atoms with E-state index in [0.29, 0.717) is 0 Å². The van der Waals surface area contributed by atoms with Crippen LogP contribution in [0.25, 0.3) is 43.8 Å². The largest absolute Gasteiger partial charge is 0.310 e. The van der Waals surface area contributed by atoms with Gasteiger partial charge < -0.3 is 4.90 Å². The smallest absolute Gasteiger partial charge is 0.0467 e. The molecule has 8 aromatic rings. The molecule has 8 aromatic carbocycles. The number of fused-ring (bicyclic) bond motifs is 3. The Balaban J connectivity index is 0.000000194. The van der Waals surface area contributed by atoms with Gasteiger partial charge in [-0.2, -0.15) is 0 Å². The van der Waals surface area contributed by atoms with E-state index in [1.165, 1.54) is 54.9 Å². The molecule has 0 fully saturated rings. The van der Waals surface area contributed by atoms with Gasteiger partial charge in [-0.3, -0.25) is 0 Å². The highest BCUT2D eigenvalue weighted by Gasteiger charge is 2.13. The highest BCUT2D eigenvalue weighted by Crippen LogP contribution is 2.37. The maximum Gasteiger partial charge on any atom is 0.0467 e. The standard InChI is InChI=1S/C31H25N.C15H12/c1-24-15-17-26(18-16-24)27-19-21-30(22-20-27)32(29-12-6-3-7-13-29)31-14-8-11-28(23-31)25-9-4-2-5-10-25;1-11-10-12-6-2-3-8-14(12)15-9-5-4-7-13(11)15/h2-23H,1H3;2-10H,1H3. The number of anilines is 3. The van der Waals surface area contributed by atoms with Gasteiger partial charge in [-0.1, -0.05) is 157 Å². The third-order valence-electron chi connectivity index (χ3n) is 8.71. The summed E-state index contributed by atoms with van der Waals surface area (Å²) >= 11 is 0. The van der Waals surface area contributed by atoms with Crippen LogP contribution in [0.15, 0.2) is 188 Å². The van der Waals surface area contributed by atoms with Crippen molar-refractivity contribution in [2.75, 3.05) is 4.90 Å². The quantitative estimate of drug-likeness (QED) is 0.177. The van der Waals surface area contributed by atoms with Crippen molar-refractivity contribution in [3.63, 3.8) is 0 Å². The van der Waals surface area contributed by atoms with Gasteiger partial charge in [0, 0.05) is 17.1 Å². The molecular weight excluding hydrogens is 567 g/mol. The topological polar surface area (TPSA) is 3.24 Å². The summed E-state index contributed by atoms with van der Waals surface area (Å²) in [5.41, 5.74) is 10.9. The monoisotopic (exact) mass is 603 g/mol. The lowest BCUT2D eigenvalue weighted by Crippen LogP contribution is -2.09. The fourth-order valence-electron chi connectivity index (χ4n) is 6.27. The van der Waals surface area contributed by atoms with Crippen molar-refractivity contribution in [2.24, 2.45) is 0 Å². The summed E-state index contributed by atoms with van der Waals surface area (Å²) in [7, 11) is 0. The Hall–Kier alpha value is -5.92. The number of benzene rings is 8. The Kier molecular flexibility index (Phi) is 8.62. The molecule has 1 heteroatoms. The molecule has 0 bridgehead atoms. The van der Waals surface area contributed by atoms with Crippen molar-refractivity contribution >= 4 is 38.6 Å². The van der Waals surface area contributed by atoms with Gasteiger partial charge >= 0.3 is 0 Å². The van der Waals surface area contributed by atoms with Crippen LogP contribution in [0, 0.1) is 13.8 Å². The predicted octanol–water partition coefficient (Wildman–Crippen LogP) is 13.1. The Labute approximate surface area is 278 Å². The maximum atomic E-state index is 2.31. The molecule has 0 amide bonds. The molecule has 0 aliphatic heterocycles. The molecule has 0 aliphatic carbocycles. The predicted molar refractivity (Wildman–Crippen MR) is 203 cm³/mol. The first kappa shape index (κ1) is 29.8. The lowest BCUT2D eigenvalue weighted by Gasteiger charge is -2.26. The molecule has 0 aliphatic rings. The van der Waals surface area contributed by atoms with Gasteiger partial charge in [0.05, 0.1) is 0 Å². The molecule has 8 rings (SSSR count). The molecule has 0 saturated heterocycles. The molecule has 1 nitrogen and oxygen atoms in total. The lowest BCUT2D eigenvalue weighted by atomic mass is 9.98. The van der Waals surface area contributed by atoms with Crippen LogP contribution in [0.4, 0.5) is 17.1 Å². The van der Waals surface area contributed by atoms with E-state index in [1.54, 1.807) is 0 Å². The molecule has 226 valence electrons. The van der Waals surface area contributed by atoms with Crippen molar-refractivity contribution < 1.29 is 0 Å². The zero-order valence-corrected chi connectivity index (χ0v) is 26.8. The number of aryl methyl sites for hydroxylation is 2. The van der Waals surface area contributed by atoms with Gasteiger partial charge in [-0.15, -0.1) is 0 Å². The minimum Gasteiger partial charge on any atom is -0.310 e. The summed E-state index contributed by atoms with van der Waals surface area (Å²) in [5, 5.41) is 5.39. The summed E-state index contributed by atoms with van der Waals surface area (Å²) in [6, 6.07) is 66.7. The molecule has 0 spiro atoms. The Bertz CT molecular complexity index is 2230. The van der Waals surface area contributed by atoms with Crippen molar-refractivity contribution in [1.82, 2.24) is 0 Å². The van der Waals surface area contributed by atoms with Crippen LogP contribution in [-0.2, 0) is 0 Å². The van der Waals surface area contributed by atoms with Crippen LogP contribution in [-0.4, -0.2) is 0 Å². The molecular formula is C46H37N. The minimum atomic E-state index is 1.14. The van der Waals surface area contributed by atoms with E-state index in [-0.39, 0.29) is 0 Å². The number of rotatable bonds is 5. The average Bonchev–Trinajstić information content (AvgIpc) is 3.14. The Morgan fingerprint density at radius 1 is 0.319 bits per heavy atom. The van der Waals surface area contributed by atoms with E-state index in [2.05, 4.69) is 207 Å². The van der Waals surface area contributed by atoms with Gasteiger partial charge in [0.25, 0.3) is 0 Å². The Morgan fingerprint density at radius 2 is 0.809 bits per heavy atom. The number of hydrogen-bond acceptors (Lipinski definition) is 1. The first-order chi connectivity index (χ1) is 23.1. The van der Waals surface area contributed by atoms with Crippen LogP contribution < -0.4 is 4.90 Å². The summed E-state index contributed by atoms with van der Waals surface area (Å²) in [5.74, 6) is 0. The molecule has 0 saturated carbocycles. The summed E-state index contributed by atoms with van der Waals surface area (Å²) in [6.07, 6.45) is 0. The maximum absolute atomic E-state index is 2.31. The van der Waals surface area contributed by atoms with Crippen molar-refractivity contribution in [3.8, 4) is 22.3 Å². The molecule has 47 heavy (non-hydrogen) atoms. The Morgan fingerprint density at radius 3 is 1.51 bits per heavy atom. The zero-order chi connectivity index (χ0) is 32.0. The van der Waals surface area contributed by atoms with Crippen LogP contribution in [0.5, 0.6) is 0 Å². The van der Waals surface area contributed by atoms with Crippen LogP contribution >= 0.6 is 0 Å². The third-order valence-corrected chi connectivity index (χ3v) is 8.71. The second-order valence-electron chi connectivity index (χ2n) is 12.0. The van der Waals surface area contributed by atoms with Crippen LogP contribution in [0.3, 0.4) is 0 Å². The normalized spacial score (nSPS) is 10.8. The number of para-hydroxylation sites is 1. The highest BCUT2D eigenvalue weighted by atomic mass is 15.1. The van der Waals surface area contributed by atoms with Gasteiger partial charge in [0.2, 0.25) is 0 Å². The molecule has 0 radical (unpaired) electrons. The van der Waals surface area contributed by atoms with Crippen LogP contribution in [0.2, 0.25) is 0 Å². The van der Waals surface area contributed by atoms with Gasteiger partial charge in [0.15, 0.2) is 0 Å².